The van der Waals surface area contributed by atoms with Crippen LogP contribution in [0.1, 0.15) is 11.7 Å². The zero-order valence-electron chi connectivity index (χ0n) is 17.0. The van der Waals surface area contributed by atoms with Gasteiger partial charge in [0.05, 0.1) is 22.8 Å². The van der Waals surface area contributed by atoms with Crippen molar-refractivity contribution in [2.24, 2.45) is 5.92 Å². The van der Waals surface area contributed by atoms with Gasteiger partial charge in [-0.05, 0) is 23.8 Å². The molecule has 1 aliphatic rings. The minimum absolute atomic E-state index is 0. The van der Waals surface area contributed by atoms with Crippen LogP contribution in [0.3, 0.4) is 0 Å². The number of pyridine rings is 1. The molecule has 178 valence electrons. The first-order valence-corrected chi connectivity index (χ1v) is 11.9. The van der Waals surface area contributed by atoms with Crippen LogP contribution >= 0.6 is 35.6 Å². The highest BCUT2D eigenvalue weighted by Crippen LogP contribution is 2.32. The lowest BCUT2D eigenvalue weighted by Gasteiger charge is -2.25. The van der Waals surface area contributed by atoms with Crippen LogP contribution in [0.4, 0.5) is 0 Å². The van der Waals surface area contributed by atoms with Crippen LogP contribution in [-0.2, 0) is 14.8 Å². The fraction of sp³-hybridized carbons (Fsp3) is 0.316. The summed E-state index contributed by atoms with van der Waals surface area (Å²) in [6.07, 6.45) is 2.20. The lowest BCUT2D eigenvalue weighted by Crippen LogP contribution is -2.36. The number of ether oxygens (including phenoxy) is 1. The monoisotopic (exact) mass is 535 g/mol. The predicted molar refractivity (Wildman–Crippen MR) is 124 cm³/mol. The van der Waals surface area contributed by atoms with E-state index < -0.39 is 15.8 Å². The van der Waals surface area contributed by atoms with Crippen molar-refractivity contribution in [3.63, 3.8) is 0 Å². The van der Waals surface area contributed by atoms with Crippen LogP contribution in [0.25, 0.3) is 11.4 Å². The van der Waals surface area contributed by atoms with Crippen molar-refractivity contribution in [3.05, 3.63) is 62.8 Å². The molecule has 2 aromatic heterocycles. The Morgan fingerprint density at radius 2 is 2.00 bits per heavy atom. The van der Waals surface area contributed by atoms with E-state index in [2.05, 4.69) is 29.7 Å². The van der Waals surface area contributed by atoms with E-state index in [1.54, 1.807) is 12.1 Å². The molecule has 10 nitrogen and oxygen atoms in total. The molecule has 0 amide bonds. The quantitative estimate of drug-likeness (QED) is 0.436. The average Bonchev–Trinajstić information content (AvgIpc) is 3.08. The predicted octanol–water partition coefficient (Wildman–Crippen LogP) is 2.41. The fourth-order valence-electron chi connectivity index (χ4n) is 3.38. The summed E-state index contributed by atoms with van der Waals surface area (Å²) >= 11 is 12.2. The number of hydrogen-bond donors (Lipinski definition) is 3. The van der Waals surface area contributed by atoms with Gasteiger partial charge in [0.1, 0.15) is 4.90 Å². The molecule has 0 saturated carbocycles. The number of H-pyrrole nitrogens is 1. The Hall–Kier alpha value is -1.99. The van der Waals surface area contributed by atoms with Crippen molar-refractivity contribution < 1.29 is 17.7 Å². The SMILES string of the molecule is Cl.O=c1[nH]c(-c2cncc(S(=O)(=O)NC[C@@H]3CNCCO[C@H]3c3ccc(Cl)c(Cl)c3)c2)no1. The van der Waals surface area contributed by atoms with Crippen LogP contribution in [0, 0.1) is 5.92 Å². The first-order chi connectivity index (χ1) is 15.3. The number of sulfonamides is 1. The van der Waals surface area contributed by atoms with Crippen LogP contribution in [0.2, 0.25) is 10.0 Å². The summed E-state index contributed by atoms with van der Waals surface area (Å²) in [5.41, 5.74) is 1.11. The Balaban J connectivity index is 0.00000306. The Labute approximate surface area is 205 Å². The van der Waals surface area contributed by atoms with Gasteiger partial charge >= 0.3 is 5.76 Å². The maximum atomic E-state index is 12.9. The molecular formula is C19H20Cl3N5O5S. The van der Waals surface area contributed by atoms with Crippen molar-refractivity contribution >= 4 is 45.6 Å². The van der Waals surface area contributed by atoms with Crippen molar-refractivity contribution in [2.75, 3.05) is 26.2 Å². The Bertz CT molecular complexity index is 1270. The second-order valence-electron chi connectivity index (χ2n) is 7.13. The van der Waals surface area contributed by atoms with Crippen LogP contribution < -0.4 is 15.8 Å². The average molecular weight is 537 g/mol. The molecule has 0 radical (unpaired) electrons. The van der Waals surface area contributed by atoms with Crippen molar-refractivity contribution in [2.45, 2.75) is 11.0 Å². The first kappa shape index (κ1) is 25.6. The summed E-state index contributed by atoms with van der Waals surface area (Å²) in [6.45, 7) is 1.75. The number of benzene rings is 1. The summed E-state index contributed by atoms with van der Waals surface area (Å²) in [5.74, 6) is -0.881. The van der Waals surface area contributed by atoms with Gasteiger partial charge < -0.3 is 10.1 Å². The van der Waals surface area contributed by atoms with E-state index >= 15 is 0 Å². The molecule has 3 aromatic rings. The molecule has 0 unspecified atom stereocenters. The highest BCUT2D eigenvalue weighted by Gasteiger charge is 2.28. The lowest BCUT2D eigenvalue weighted by molar-refractivity contribution is 0.0322. The summed E-state index contributed by atoms with van der Waals surface area (Å²) < 4.78 is 38.9. The maximum absolute atomic E-state index is 12.9. The maximum Gasteiger partial charge on any atom is 0.439 e. The number of nitrogens with zero attached hydrogens (tertiary/aromatic N) is 2. The molecule has 0 aliphatic carbocycles. The van der Waals surface area contributed by atoms with E-state index in [9.17, 15) is 13.2 Å². The number of hydrogen-bond acceptors (Lipinski definition) is 8. The zero-order valence-corrected chi connectivity index (χ0v) is 20.1. The molecule has 0 spiro atoms. The molecule has 33 heavy (non-hydrogen) atoms. The van der Waals surface area contributed by atoms with Crippen molar-refractivity contribution in [3.8, 4) is 11.4 Å². The van der Waals surface area contributed by atoms with Gasteiger partial charge in [0, 0.05) is 43.5 Å². The molecule has 3 heterocycles. The zero-order chi connectivity index (χ0) is 22.7. The first-order valence-electron chi connectivity index (χ1n) is 9.62. The normalized spacial score (nSPS) is 19.0. The lowest BCUT2D eigenvalue weighted by atomic mass is 9.95. The third kappa shape index (κ3) is 6.12. The topological polar surface area (TPSA) is 139 Å². The third-order valence-electron chi connectivity index (χ3n) is 4.96. The number of rotatable bonds is 6. The van der Waals surface area contributed by atoms with E-state index in [0.29, 0.717) is 35.3 Å². The Morgan fingerprint density at radius 1 is 1.18 bits per heavy atom. The molecule has 2 atom stereocenters. The Kier molecular flexibility index (Phi) is 8.51. The molecule has 1 fully saturated rings. The molecule has 14 heteroatoms. The molecule has 1 saturated heterocycles. The van der Waals surface area contributed by atoms with Crippen molar-refractivity contribution in [1.29, 1.82) is 0 Å². The van der Waals surface area contributed by atoms with Gasteiger partial charge in [-0.25, -0.2) is 17.9 Å². The summed E-state index contributed by atoms with van der Waals surface area (Å²) in [5, 5.41) is 7.63. The summed E-state index contributed by atoms with van der Waals surface area (Å²) in [4.78, 5) is 17.4. The summed E-state index contributed by atoms with van der Waals surface area (Å²) in [6, 6.07) is 6.58. The van der Waals surface area contributed by atoms with E-state index in [-0.39, 0.29) is 41.7 Å². The second-order valence-corrected chi connectivity index (χ2v) is 9.72. The number of halogens is 3. The number of aromatic nitrogens is 3. The summed E-state index contributed by atoms with van der Waals surface area (Å²) in [7, 11) is -3.91. The number of aromatic amines is 1. The van der Waals surface area contributed by atoms with E-state index in [0.717, 1.165) is 5.56 Å². The standard InChI is InChI=1S/C19H19Cl2N5O5S.ClH/c20-15-2-1-11(6-16(15)21)17-13(8-22-3-4-30-17)9-24-32(28,29)14-5-12(7-23-10-14)18-25-19(27)31-26-18;/h1-2,5-7,10,13,17,22,24H,3-4,8-9H2,(H,25,26,27);1H/t13-,17-;/m0./s1. The molecular weight excluding hydrogens is 517 g/mol. The van der Waals surface area contributed by atoms with Crippen LogP contribution in [-0.4, -0.2) is 49.8 Å². The third-order valence-corrected chi connectivity index (χ3v) is 7.09. The molecule has 0 bridgehead atoms. The minimum atomic E-state index is -3.91. The van der Waals surface area contributed by atoms with Crippen LogP contribution in [0.5, 0.6) is 0 Å². The van der Waals surface area contributed by atoms with E-state index in [1.807, 2.05) is 6.07 Å². The highest BCUT2D eigenvalue weighted by atomic mass is 35.5. The Morgan fingerprint density at radius 3 is 2.73 bits per heavy atom. The van der Waals surface area contributed by atoms with Crippen molar-refractivity contribution in [1.82, 2.24) is 25.2 Å². The van der Waals surface area contributed by atoms with Gasteiger partial charge in [-0.2, -0.15) is 0 Å². The van der Waals surface area contributed by atoms with Gasteiger partial charge in [0.2, 0.25) is 10.0 Å². The van der Waals surface area contributed by atoms with E-state index in [4.69, 9.17) is 27.9 Å². The molecule has 3 N–H and O–H groups in total. The minimum Gasteiger partial charge on any atom is -0.372 e. The smallest absolute Gasteiger partial charge is 0.372 e. The molecule has 1 aliphatic heterocycles. The second kappa shape index (κ2) is 11.0. The van der Waals surface area contributed by atoms with Gasteiger partial charge in [-0.3, -0.25) is 14.5 Å². The van der Waals surface area contributed by atoms with E-state index in [1.165, 1.54) is 18.5 Å². The highest BCUT2D eigenvalue weighted by molar-refractivity contribution is 7.89. The van der Waals surface area contributed by atoms with Gasteiger partial charge in [-0.1, -0.05) is 34.4 Å². The van der Waals surface area contributed by atoms with Gasteiger partial charge in [0.15, 0.2) is 5.82 Å². The largest absolute Gasteiger partial charge is 0.439 e. The molecule has 4 rings (SSSR count). The fourth-order valence-corrected chi connectivity index (χ4v) is 4.76. The van der Waals surface area contributed by atoms with Gasteiger partial charge in [-0.15, -0.1) is 12.4 Å². The number of nitrogens with one attached hydrogen (secondary N) is 3. The van der Waals surface area contributed by atoms with Crippen LogP contribution in [0.15, 0.2) is 50.9 Å². The molecule has 1 aromatic carbocycles. The van der Waals surface area contributed by atoms with Gasteiger partial charge in [0.25, 0.3) is 0 Å².